The number of ketones is 1. The highest BCUT2D eigenvalue weighted by Crippen LogP contribution is 2.26. The van der Waals surface area contributed by atoms with Crippen LogP contribution in [0.25, 0.3) is 0 Å². The molecule has 2 unspecified atom stereocenters. The molecule has 0 aromatic carbocycles. The van der Waals surface area contributed by atoms with E-state index in [-0.39, 0.29) is 36.7 Å². The first-order valence-corrected chi connectivity index (χ1v) is 5.64. The summed E-state index contributed by atoms with van der Waals surface area (Å²) >= 11 is 0. The molecule has 0 bridgehead atoms. The summed E-state index contributed by atoms with van der Waals surface area (Å²) < 4.78 is 0. The van der Waals surface area contributed by atoms with Crippen LogP contribution in [0.1, 0.15) is 32.1 Å². The van der Waals surface area contributed by atoms with E-state index in [4.69, 9.17) is 0 Å². The van der Waals surface area contributed by atoms with Crippen molar-refractivity contribution >= 4 is 11.7 Å². The van der Waals surface area contributed by atoms with Crippen LogP contribution in [0.5, 0.6) is 0 Å². The van der Waals surface area contributed by atoms with Gasteiger partial charge in [0.1, 0.15) is 0 Å². The maximum atomic E-state index is 11.4. The van der Waals surface area contributed by atoms with Gasteiger partial charge in [-0.2, -0.15) is 0 Å². The standard InChI is InChI=1S/C11H17NO3/c13-9-5-11(15)12(7-9)6-8-3-1-2-4-10(8)14/h8,10,14H,1-7H2. The molecule has 84 valence electrons. The van der Waals surface area contributed by atoms with Crippen LogP contribution in [0.4, 0.5) is 0 Å². The fourth-order valence-corrected chi connectivity index (χ4v) is 2.49. The first-order chi connectivity index (χ1) is 7.16. The van der Waals surface area contributed by atoms with Crippen molar-refractivity contribution in [3.8, 4) is 0 Å². The first-order valence-electron chi connectivity index (χ1n) is 5.64. The van der Waals surface area contributed by atoms with Gasteiger partial charge in [0, 0.05) is 12.5 Å². The minimum Gasteiger partial charge on any atom is -0.393 e. The van der Waals surface area contributed by atoms with Crippen molar-refractivity contribution in [3.05, 3.63) is 0 Å². The molecule has 1 saturated heterocycles. The van der Waals surface area contributed by atoms with Gasteiger partial charge >= 0.3 is 0 Å². The summed E-state index contributed by atoms with van der Waals surface area (Å²) in [4.78, 5) is 24.0. The summed E-state index contributed by atoms with van der Waals surface area (Å²) in [5.74, 6) is 0.108. The minimum atomic E-state index is -0.290. The molecule has 2 atom stereocenters. The largest absolute Gasteiger partial charge is 0.393 e. The Kier molecular flexibility index (Phi) is 3.05. The molecule has 1 aliphatic carbocycles. The van der Waals surface area contributed by atoms with Crippen LogP contribution in [0.15, 0.2) is 0 Å². The highest BCUT2D eigenvalue weighted by molar-refractivity contribution is 6.05. The Hall–Kier alpha value is -0.900. The van der Waals surface area contributed by atoms with Crippen LogP contribution >= 0.6 is 0 Å². The normalized spacial score (nSPS) is 32.5. The molecule has 4 nitrogen and oxygen atoms in total. The van der Waals surface area contributed by atoms with E-state index in [0.29, 0.717) is 6.54 Å². The van der Waals surface area contributed by atoms with E-state index in [0.717, 1.165) is 25.7 Å². The van der Waals surface area contributed by atoms with Crippen LogP contribution in [0.3, 0.4) is 0 Å². The maximum Gasteiger partial charge on any atom is 0.230 e. The molecule has 0 spiro atoms. The number of aliphatic hydroxyl groups is 1. The first kappa shape index (κ1) is 10.6. The van der Waals surface area contributed by atoms with E-state index in [9.17, 15) is 14.7 Å². The zero-order valence-corrected chi connectivity index (χ0v) is 8.82. The summed E-state index contributed by atoms with van der Waals surface area (Å²) in [6.07, 6.45) is 3.77. The van der Waals surface area contributed by atoms with E-state index >= 15 is 0 Å². The number of hydrogen-bond donors (Lipinski definition) is 1. The van der Waals surface area contributed by atoms with E-state index < -0.39 is 0 Å². The van der Waals surface area contributed by atoms with Crippen LogP contribution in [0, 0.1) is 5.92 Å². The Morgan fingerprint density at radius 2 is 2.00 bits per heavy atom. The summed E-state index contributed by atoms with van der Waals surface area (Å²) in [6, 6.07) is 0. The number of amides is 1. The van der Waals surface area contributed by atoms with Gasteiger partial charge in [-0.05, 0) is 12.8 Å². The number of carbonyl (C=O) groups excluding carboxylic acids is 2. The molecule has 1 saturated carbocycles. The third-order valence-electron chi connectivity index (χ3n) is 3.39. The monoisotopic (exact) mass is 211 g/mol. The van der Waals surface area contributed by atoms with Crippen molar-refractivity contribution in [2.24, 2.45) is 5.92 Å². The molecule has 2 rings (SSSR count). The van der Waals surface area contributed by atoms with E-state index in [2.05, 4.69) is 0 Å². The van der Waals surface area contributed by atoms with Crippen LogP contribution in [-0.4, -0.2) is 40.9 Å². The summed E-state index contributed by atoms with van der Waals surface area (Å²) in [5.41, 5.74) is 0. The molecule has 1 heterocycles. The van der Waals surface area contributed by atoms with Gasteiger partial charge in [-0.15, -0.1) is 0 Å². The molecule has 1 aliphatic heterocycles. The molecule has 0 aromatic rings. The Labute approximate surface area is 89.3 Å². The predicted molar refractivity (Wildman–Crippen MR) is 54.2 cm³/mol. The highest BCUT2D eigenvalue weighted by atomic mass is 16.3. The molecule has 1 amide bonds. The molecule has 4 heteroatoms. The number of nitrogens with zero attached hydrogens (tertiary/aromatic N) is 1. The number of rotatable bonds is 2. The molecule has 15 heavy (non-hydrogen) atoms. The van der Waals surface area contributed by atoms with E-state index in [1.807, 2.05) is 0 Å². The van der Waals surface area contributed by atoms with Gasteiger partial charge in [-0.25, -0.2) is 0 Å². The highest BCUT2D eigenvalue weighted by Gasteiger charge is 2.32. The SMILES string of the molecule is O=C1CC(=O)N(CC2CCCCC2O)C1. The number of likely N-dealkylation sites (tertiary alicyclic amines) is 1. The molecule has 2 aliphatic rings. The third kappa shape index (κ3) is 2.37. The Balaban J connectivity index is 1.90. The van der Waals surface area contributed by atoms with Crippen molar-refractivity contribution in [1.82, 2.24) is 4.90 Å². The van der Waals surface area contributed by atoms with E-state index in [1.165, 1.54) is 0 Å². The van der Waals surface area contributed by atoms with Gasteiger partial charge in [-0.3, -0.25) is 9.59 Å². The topological polar surface area (TPSA) is 57.6 Å². The zero-order chi connectivity index (χ0) is 10.8. The quantitative estimate of drug-likeness (QED) is 0.670. The summed E-state index contributed by atoms with van der Waals surface area (Å²) in [7, 11) is 0. The van der Waals surface area contributed by atoms with Gasteiger partial charge in [0.05, 0.1) is 19.1 Å². The van der Waals surface area contributed by atoms with Crippen molar-refractivity contribution in [3.63, 3.8) is 0 Å². The average molecular weight is 211 g/mol. The Morgan fingerprint density at radius 1 is 1.27 bits per heavy atom. The fraction of sp³-hybridized carbons (Fsp3) is 0.818. The number of carbonyl (C=O) groups is 2. The van der Waals surface area contributed by atoms with Gasteiger partial charge in [-0.1, -0.05) is 12.8 Å². The van der Waals surface area contributed by atoms with Gasteiger partial charge in [0.25, 0.3) is 0 Å². The van der Waals surface area contributed by atoms with Gasteiger partial charge < -0.3 is 10.0 Å². The average Bonchev–Trinajstić information content (AvgIpc) is 2.49. The van der Waals surface area contributed by atoms with Crippen LogP contribution < -0.4 is 0 Å². The molecular formula is C11H17NO3. The number of Topliss-reactive ketones (excluding diaryl/α,β-unsaturated/α-hetero) is 1. The lowest BCUT2D eigenvalue weighted by molar-refractivity contribution is -0.129. The maximum absolute atomic E-state index is 11.4. The second kappa shape index (κ2) is 4.31. The summed E-state index contributed by atoms with van der Waals surface area (Å²) in [6.45, 7) is 0.813. The van der Waals surface area contributed by atoms with Crippen molar-refractivity contribution < 1.29 is 14.7 Å². The summed E-state index contributed by atoms with van der Waals surface area (Å²) in [5, 5.41) is 9.76. The predicted octanol–water partition coefficient (Wildman–Crippen LogP) is 0.339. The lowest BCUT2D eigenvalue weighted by Crippen LogP contribution is -2.37. The van der Waals surface area contributed by atoms with Crippen molar-refractivity contribution in [2.45, 2.75) is 38.2 Å². The van der Waals surface area contributed by atoms with Crippen molar-refractivity contribution in [1.29, 1.82) is 0 Å². The number of hydrogen-bond acceptors (Lipinski definition) is 3. The molecule has 1 N–H and O–H groups in total. The van der Waals surface area contributed by atoms with Crippen LogP contribution in [0.2, 0.25) is 0 Å². The van der Waals surface area contributed by atoms with E-state index in [1.54, 1.807) is 4.90 Å². The second-order valence-corrected chi connectivity index (χ2v) is 4.60. The second-order valence-electron chi connectivity index (χ2n) is 4.60. The third-order valence-corrected chi connectivity index (χ3v) is 3.39. The van der Waals surface area contributed by atoms with Crippen molar-refractivity contribution in [2.75, 3.05) is 13.1 Å². The Bertz CT molecular complexity index is 277. The van der Waals surface area contributed by atoms with Gasteiger partial charge in [0.15, 0.2) is 5.78 Å². The fourth-order valence-electron chi connectivity index (χ4n) is 2.49. The molecule has 0 aromatic heterocycles. The lowest BCUT2D eigenvalue weighted by atomic mass is 9.86. The zero-order valence-electron chi connectivity index (χ0n) is 8.82. The molecule has 0 radical (unpaired) electrons. The van der Waals surface area contributed by atoms with Gasteiger partial charge in [0.2, 0.25) is 5.91 Å². The van der Waals surface area contributed by atoms with Crippen LogP contribution in [-0.2, 0) is 9.59 Å². The minimum absolute atomic E-state index is 0.00491. The Morgan fingerprint density at radius 3 is 2.60 bits per heavy atom. The molecular weight excluding hydrogens is 194 g/mol. The molecule has 2 fully saturated rings. The lowest BCUT2D eigenvalue weighted by Gasteiger charge is -2.30. The smallest absolute Gasteiger partial charge is 0.230 e. The number of aliphatic hydroxyl groups excluding tert-OH is 1.